The van der Waals surface area contributed by atoms with Crippen molar-refractivity contribution in [1.82, 2.24) is 9.80 Å². The van der Waals surface area contributed by atoms with E-state index < -0.39 is 5.60 Å². The predicted octanol–water partition coefficient (Wildman–Crippen LogP) is 2.22. The van der Waals surface area contributed by atoms with Crippen LogP contribution in [0.1, 0.15) is 39.0 Å². The number of furan rings is 1. The zero-order chi connectivity index (χ0) is 16.2. The first-order valence-electron chi connectivity index (χ1n) is 7.86. The number of carbonyl (C=O) groups is 1. The summed E-state index contributed by atoms with van der Waals surface area (Å²) >= 11 is 0. The van der Waals surface area contributed by atoms with E-state index in [0.29, 0.717) is 19.6 Å². The Labute approximate surface area is 132 Å². The molecule has 124 valence electrons. The summed E-state index contributed by atoms with van der Waals surface area (Å²) in [5.41, 5.74) is 5.46. The Morgan fingerprint density at radius 3 is 2.73 bits per heavy atom. The summed E-state index contributed by atoms with van der Waals surface area (Å²) in [6.07, 6.45) is 2.33. The van der Waals surface area contributed by atoms with Crippen LogP contribution in [0.2, 0.25) is 0 Å². The van der Waals surface area contributed by atoms with Crippen molar-refractivity contribution >= 4 is 6.09 Å². The zero-order valence-electron chi connectivity index (χ0n) is 13.7. The molecule has 1 aromatic rings. The molecule has 6 nitrogen and oxygen atoms in total. The number of nitrogens with zero attached hydrogens (tertiary/aromatic N) is 2. The highest BCUT2D eigenvalue weighted by Crippen LogP contribution is 2.22. The maximum atomic E-state index is 12.2. The van der Waals surface area contributed by atoms with Gasteiger partial charge in [-0.3, -0.25) is 4.90 Å². The summed E-state index contributed by atoms with van der Waals surface area (Å²) in [7, 11) is 0. The van der Waals surface area contributed by atoms with Crippen LogP contribution < -0.4 is 5.73 Å². The third-order valence-electron chi connectivity index (χ3n) is 3.72. The van der Waals surface area contributed by atoms with Gasteiger partial charge in [0.2, 0.25) is 0 Å². The summed E-state index contributed by atoms with van der Waals surface area (Å²) in [6.45, 7) is 9.17. The Balaban J connectivity index is 1.96. The molecule has 0 aromatic carbocycles. The van der Waals surface area contributed by atoms with Crippen molar-refractivity contribution < 1.29 is 13.9 Å². The minimum Gasteiger partial charge on any atom is -0.468 e. The van der Waals surface area contributed by atoms with Gasteiger partial charge >= 0.3 is 6.09 Å². The van der Waals surface area contributed by atoms with E-state index in [4.69, 9.17) is 14.9 Å². The van der Waals surface area contributed by atoms with Gasteiger partial charge in [-0.15, -0.1) is 0 Å². The van der Waals surface area contributed by atoms with Crippen LogP contribution in [0.5, 0.6) is 0 Å². The SMILES string of the molecule is CC(C)(C)OC(=O)N1CCCN(C(CN)c2ccco2)CC1. The normalized spacial score (nSPS) is 18.8. The zero-order valence-corrected chi connectivity index (χ0v) is 13.7. The van der Waals surface area contributed by atoms with Crippen molar-refractivity contribution in [2.75, 3.05) is 32.7 Å². The summed E-state index contributed by atoms with van der Waals surface area (Å²) in [6, 6.07) is 3.89. The smallest absolute Gasteiger partial charge is 0.410 e. The van der Waals surface area contributed by atoms with Gasteiger partial charge in [-0.25, -0.2) is 4.79 Å². The van der Waals surface area contributed by atoms with Crippen LogP contribution in [-0.4, -0.2) is 54.2 Å². The maximum absolute atomic E-state index is 12.2. The van der Waals surface area contributed by atoms with Gasteiger partial charge in [-0.05, 0) is 39.3 Å². The van der Waals surface area contributed by atoms with Gasteiger partial charge in [0, 0.05) is 32.7 Å². The van der Waals surface area contributed by atoms with Crippen molar-refractivity contribution in [2.45, 2.75) is 38.8 Å². The van der Waals surface area contributed by atoms with Gasteiger partial charge in [-0.2, -0.15) is 0 Å². The fourth-order valence-electron chi connectivity index (χ4n) is 2.68. The van der Waals surface area contributed by atoms with E-state index >= 15 is 0 Å². The third-order valence-corrected chi connectivity index (χ3v) is 3.72. The second kappa shape index (κ2) is 7.15. The Kier molecular flexibility index (Phi) is 5.47. The molecule has 1 saturated heterocycles. The monoisotopic (exact) mass is 309 g/mol. The lowest BCUT2D eigenvalue weighted by Gasteiger charge is -2.29. The van der Waals surface area contributed by atoms with Crippen LogP contribution >= 0.6 is 0 Å². The largest absolute Gasteiger partial charge is 0.468 e. The molecule has 6 heteroatoms. The molecule has 1 aliphatic rings. The quantitative estimate of drug-likeness (QED) is 0.927. The molecule has 2 heterocycles. The number of nitrogens with two attached hydrogens (primary N) is 1. The fourth-order valence-corrected chi connectivity index (χ4v) is 2.68. The van der Waals surface area contributed by atoms with Crippen molar-refractivity contribution in [3.8, 4) is 0 Å². The number of hydrogen-bond acceptors (Lipinski definition) is 5. The van der Waals surface area contributed by atoms with Gasteiger partial charge in [0.15, 0.2) is 0 Å². The topological polar surface area (TPSA) is 71.9 Å². The van der Waals surface area contributed by atoms with E-state index in [9.17, 15) is 4.79 Å². The van der Waals surface area contributed by atoms with Gasteiger partial charge in [0.05, 0.1) is 12.3 Å². The van der Waals surface area contributed by atoms with E-state index in [2.05, 4.69) is 4.90 Å². The molecule has 1 aliphatic heterocycles. The van der Waals surface area contributed by atoms with Crippen LogP contribution in [0.3, 0.4) is 0 Å². The number of carbonyl (C=O) groups excluding carboxylic acids is 1. The first-order valence-corrected chi connectivity index (χ1v) is 7.86. The van der Waals surface area contributed by atoms with Crippen molar-refractivity contribution in [1.29, 1.82) is 0 Å². The predicted molar refractivity (Wildman–Crippen MR) is 84.5 cm³/mol. The summed E-state index contributed by atoms with van der Waals surface area (Å²) in [4.78, 5) is 16.2. The third kappa shape index (κ3) is 4.48. The summed E-state index contributed by atoms with van der Waals surface area (Å²) in [5, 5.41) is 0. The van der Waals surface area contributed by atoms with Crippen molar-refractivity contribution in [3.05, 3.63) is 24.2 Å². The molecular weight excluding hydrogens is 282 g/mol. The molecule has 1 amide bonds. The Morgan fingerprint density at radius 2 is 2.14 bits per heavy atom. The molecule has 1 atom stereocenters. The van der Waals surface area contributed by atoms with E-state index in [-0.39, 0.29) is 12.1 Å². The van der Waals surface area contributed by atoms with Crippen LogP contribution in [0.15, 0.2) is 22.8 Å². The van der Waals surface area contributed by atoms with Crippen molar-refractivity contribution in [3.63, 3.8) is 0 Å². The lowest BCUT2D eigenvalue weighted by atomic mass is 10.2. The molecule has 0 radical (unpaired) electrons. The molecule has 1 fully saturated rings. The molecule has 1 unspecified atom stereocenters. The Morgan fingerprint density at radius 1 is 1.36 bits per heavy atom. The number of rotatable bonds is 3. The van der Waals surface area contributed by atoms with Crippen LogP contribution in [-0.2, 0) is 4.74 Å². The summed E-state index contributed by atoms with van der Waals surface area (Å²) in [5.74, 6) is 0.883. The lowest BCUT2D eigenvalue weighted by Crippen LogP contribution is -2.40. The molecule has 2 rings (SSSR count). The van der Waals surface area contributed by atoms with Crippen molar-refractivity contribution in [2.24, 2.45) is 5.73 Å². The highest BCUT2D eigenvalue weighted by molar-refractivity contribution is 5.68. The Bertz CT molecular complexity index is 467. The molecule has 2 N–H and O–H groups in total. The molecular formula is C16H27N3O3. The second-order valence-corrected chi connectivity index (χ2v) is 6.62. The average molecular weight is 309 g/mol. The van der Waals surface area contributed by atoms with Gasteiger partial charge in [0.1, 0.15) is 11.4 Å². The second-order valence-electron chi connectivity index (χ2n) is 6.62. The lowest BCUT2D eigenvalue weighted by molar-refractivity contribution is 0.0255. The molecule has 0 bridgehead atoms. The standard InChI is InChI=1S/C16H27N3O3/c1-16(2,3)22-15(20)19-8-5-7-18(9-10-19)13(12-17)14-6-4-11-21-14/h4,6,11,13H,5,7-10,12,17H2,1-3H3. The minimum atomic E-state index is -0.461. The highest BCUT2D eigenvalue weighted by atomic mass is 16.6. The molecule has 1 aromatic heterocycles. The molecule has 22 heavy (non-hydrogen) atoms. The minimum absolute atomic E-state index is 0.0635. The Hall–Kier alpha value is -1.53. The molecule has 0 aliphatic carbocycles. The first kappa shape index (κ1) is 16.8. The fraction of sp³-hybridized carbons (Fsp3) is 0.688. The summed E-state index contributed by atoms with van der Waals surface area (Å²) < 4.78 is 10.9. The van der Waals surface area contributed by atoms with E-state index in [1.165, 1.54) is 0 Å². The average Bonchev–Trinajstić information content (AvgIpc) is 2.83. The van der Waals surface area contributed by atoms with E-state index in [0.717, 1.165) is 25.3 Å². The van der Waals surface area contributed by atoms with Gasteiger partial charge in [-0.1, -0.05) is 0 Å². The molecule has 0 spiro atoms. The molecule has 0 saturated carbocycles. The van der Waals surface area contributed by atoms with E-state index in [1.54, 1.807) is 11.2 Å². The number of amides is 1. The number of ether oxygens (including phenoxy) is 1. The van der Waals surface area contributed by atoms with E-state index in [1.807, 2.05) is 32.9 Å². The number of hydrogen-bond donors (Lipinski definition) is 1. The van der Waals surface area contributed by atoms with Gasteiger partial charge < -0.3 is 19.8 Å². The van der Waals surface area contributed by atoms with Crippen LogP contribution in [0, 0.1) is 0 Å². The van der Waals surface area contributed by atoms with Gasteiger partial charge in [0.25, 0.3) is 0 Å². The van der Waals surface area contributed by atoms with Crippen LogP contribution in [0.4, 0.5) is 4.79 Å². The highest BCUT2D eigenvalue weighted by Gasteiger charge is 2.28. The van der Waals surface area contributed by atoms with Crippen LogP contribution in [0.25, 0.3) is 0 Å². The first-order chi connectivity index (χ1) is 10.4. The maximum Gasteiger partial charge on any atom is 0.410 e.